The Morgan fingerprint density at radius 1 is 1.33 bits per heavy atom. The lowest BCUT2D eigenvalue weighted by molar-refractivity contribution is 0.350. The van der Waals surface area contributed by atoms with Crippen LogP contribution in [0.3, 0.4) is 0 Å². The smallest absolute Gasteiger partial charge is 0.124 e. The first-order valence-corrected chi connectivity index (χ1v) is 7.22. The summed E-state index contributed by atoms with van der Waals surface area (Å²) in [4.78, 5) is 0. The first-order chi connectivity index (χ1) is 8.33. The van der Waals surface area contributed by atoms with Gasteiger partial charge in [0.15, 0.2) is 0 Å². The van der Waals surface area contributed by atoms with Crippen LogP contribution < -0.4 is 10.5 Å². The molecule has 2 N–H and O–H groups in total. The Hall–Kier alpha value is -0.540. The third-order valence-electron chi connectivity index (χ3n) is 3.04. The van der Waals surface area contributed by atoms with Crippen LogP contribution in [0.5, 0.6) is 5.75 Å². The minimum absolute atomic E-state index is 0.0513. The van der Waals surface area contributed by atoms with E-state index in [1.807, 2.05) is 18.2 Å². The summed E-state index contributed by atoms with van der Waals surface area (Å²) in [6, 6.07) is 6.08. The van der Waals surface area contributed by atoms with Gasteiger partial charge in [-0.05, 0) is 30.4 Å². The maximum atomic E-state index is 6.26. The molecule has 1 unspecified atom stereocenters. The Labute approximate surface area is 119 Å². The van der Waals surface area contributed by atoms with E-state index in [4.69, 9.17) is 10.5 Å². The van der Waals surface area contributed by atoms with E-state index in [0.717, 1.165) is 28.6 Å². The van der Waals surface area contributed by atoms with Crippen molar-refractivity contribution in [3.8, 4) is 5.75 Å². The summed E-state index contributed by atoms with van der Waals surface area (Å²) in [5, 5.41) is 0. The maximum absolute atomic E-state index is 6.26. The van der Waals surface area contributed by atoms with E-state index < -0.39 is 0 Å². The van der Waals surface area contributed by atoms with E-state index in [-0.39, 0.29) is 6.04 Å². The lowest BCUT2D eigenvalue weighted by atomic mass is 9.88. The summed E-state index contributed by atoms with van der Waals surface area (Å²) >= 11 is 3.44. The van der Waals surface area contributed by atoms with Gasteiger partial charge >= 0.3 is 0 Å². The average Bonchev–Trinajstić information content (AvgIpc) is 2.26. The van der Waals surface area contributed by atoms with Crippen molar-refractivity contribution in [2.24, 2.45) is 11.1 Å². The highest BCUT2D eigenvalue weighted by Crippen LogP contribution is 2.31. The Morgan fingerprint density at radius 2 is 2.00 bits per heavy atom. The number of halogens is 1. The molecule has 0 radical (unpaired) electrons. The fourth-order valence-corrected chi connectivity index (χ4v) is 2.34. The van der Waals surface area contributed by atoms with Crippen molar-refractivity contribution >= 4 is 15.9 Å². The fourth-order valence-electron chi connectivity index (χ4n) is 2.00. The van der Waals surface area contributed by atoms with Crippen LogP contribution in [0.15, 0.2) is 22.7 Å². The van der Waals surface area contributed by atoms with Gasteiger partial charge in [-0.2, -0.15) is 0 Å². The van der Waals surface area contributed by atoms with Crippen molar-refractivity contribution in [2.45, 2.75) is 46.1 Å². The summed E-state index contributed by atoms with van der Waals surface area (Å²) in [5.74, 6) is 0.868. The van der Waals surface area contributed by atoms with Gasteiger partial charge < -0.3 is 10.5 Å². The zero-order chi connectivity index (χ0) is 13.8. The third kappa shape index (κ3) is 4.99. The lowest BCUT2D eigenvalue weighted by Crippen LogP contribution is -2.13. The molecule has 1 aromatic carbocycles. The molecule has 1 aromatic rings. The van der Waals surface area contributed by atoms with Crippen molar-refractivity contribution in [1.29, 1.82) is 0 Å². The maximum Gasteiger partial charge on any atom is 0.124 e. The zero-order valence-electron chi connectivity index (χ0n) is 11.8. The normalized spacial score (nSPS) is 13.4. The van der Waals surface area contributed by atoms with Crippen molar-refractivity contribution in [3.63, 3.8) is 0 Å². The van der Waals surface area contributed by atoms with Crippen molar-refractivity contribution in [3.05, 3.63) is 28.2 Å². The van der Waals surface area contributed by atoms with E-state index in [1.165, 1.54) is 6.42 Å². The van der Waals surface area contributed by atoms with Gasteiger partial charge in [0.1, 0.15) is 5.75 Å². The topological polar surface area (TPSA) is 35.2 Å². The van der Waals surface area contributed by atoms with Gasteiger partial charge in [0, 0.05) is 16.1 Å². The second-order valence-corrected chi connectivity index (χ2v) is 6.86. The van der Waals surface area contributed by atoms with E-state index in [1.54, 1.807) is 7.11 Å². The minimum atomic E-state index is 0.0513. The lowest BCUT2D eigenvalue weighted by Gasteiger charge is -2.20. The molecular weight excluding hydrogens is 290 g/mol. The molecule has 0 aliphatic rings. The molecule has 0 aliphatic carbocycles. The Balaban J connectivity index is 2.64. The van der Waals surface area contributed by atoms with E-state index in [2.05, 4.69) is 36.7 Å². The van der Waals surface area contributed by atoms with Crippen LogP contribution in [-0.4, -0.2) is 7.11 Å². The van der Waals surface area contributed by atoms with Gasteiger partial charge in [-0.25, -0.2) is 0 Å². The monoisotopic (exact) mass is 313 g/mol. The van der Waals surface area contributed by atoms with Crippen LogP contribution in [0.25, 0.3) is 0 Å². The highest BCUT2D eigenvalue weighted by molar-refractivity contribution is 9.10. The van der Waals surface area contributed by atoms with Crippen molar-refractivity contribution in [2.75, 3.05) is 7.11 Å². The summed E-state index contributed by atoms with van der Waals surface area (Å²) in [5.41, 5.74) is 7.73. The van der Waals surface area contributed by atoms with Crippen LogP contribution in [0.1, 0.15) is 51.6 Å². The SMILES string of the molecule is COc1cc(Br)ccc1C(N)CCCC(C)(C)C. The predicted octanol–water partition coefficient (Wildman–Crippen LogP) is 4.67. The number of hydrogen-bond donors (Lipinski definition) is 1. The number of hydrogen-bond acceptors (Lipinski definition) is 2. The van der Waals surface area contributed by atoms with E-state index in [0.29, 0.717) is 5.41 Å². The van der Waals surface area contributed by atoms with Crippen LogP contribution in [0, 0.1) is 5.41 Å². The number of nitrogens with two attached hydrogens (primary N) is 1. The molecule has 0 saturated carbocycles. The Bertz CT molecular complexity index is 385. The van der Waals surface area contributed by atoms with Gasteiger partial charge in [0.05, 0.1) is 7.11 Å². The molecule has 1 atom stereocenters. The molecule has 0 fully saturated rings. The van der Waals surface area contributed by atoms with Crippen molar-refractivity contribution in [1.82, 2.24) is 0 Å². The number of ether oxygens (including phenoxy) is 1. The van der Waals surface area contributed by atoms with Crippen LogP contribution in [-0.2, 0) is 0 Å². The van der Waals surface area contributed by atoms with Gasteiger partial charge in [-0.3, -0.25) is 0 Å². The molecule has 3 heteroatoms. The van der Waals surface area contributed by atoms with E-state index >= 15 is 0 Å². The Kier molecular flexibility index (Phi) is 5.67. The second kappa shape index (κ2) is 6.58. The molecule has 0 spiro atoms. The van der Waals surface area contributed by atoms with E-state index in [9.17, 15) is 0 Å². The van der Waals surface area contributed by atoms with Crippen LogP contribution >= 0.6 is 15.9 Å². The first-order valence-electron chi connectivity index (χ1n) is 6.42. The highest BCUT2D eigenvalue weighted by Gasteiger charge is 2.15. The van der Waals surface area contributed by atoms with Gasteiger partial charge in [-0.15, -0.1) is 0 Å². The molecular formula is C15H24BrNO. The average molecular weight is 314 g/mol. The Morgan fingerprint density at radius 3 is 2.56 bits per heavy atom. The molecule has 0 heterocycles. The summed E-state index contributed by atoms with van der Waals surface area (Å²) < 4.78 is 6.40. The first kappa shape index (κ1) is 15.5. The standard InChI is InChI=1S/C15H24BrNO/c1-15(2,3)9-5-6-13(17)12-8-7-11(16)10-14(12)18-4/h7-8,10,13H,5-6,9,17H2,1-4H3. The predicted molar refractivity (Wildman–Crippen MR) is 80.9 cm³/mol. The van der Waals surface area contributed by atoms with Crippen LogP contribution in [0.2, 0.25) is 0 Å². The largest absolute Gasteiger partial charge is 0.496 e. The van der Waals surface area contributed by atoms with Gasteiger partial charge in [0.2, 0.25) is 0 Å². The number of benzene rings is 1. The second-order valence-electron chi connectivity index (χ2n) is 5.95. The summed E-state index contributed by atoms with van der Waals surface area (Å²) in [7, 11) is 1.69. The molecule has 0 aromatic heterocycles. The van der Waals surface area contributed by atoms with Crippen molar-refractivity contribution < 1.29 is 4.74 Å². The molecule has 18 heavy (non-hydrogen) atoms. The van der Waals surface area contributed by atoms with Crippen LogP contribution in [0.4, 0.5) is 0 Å². The zero-order valence-corrected chi connectivity index (χ0v) is 13.4. The molecule has 0 bridgehead atoms. The van der Waals surface area contributed by atoms with Gasteiger partial charge in [0.25, 0.3) is 0 Å². The fraction of sp³-hybridized carbons (Fsp3) is 0.600. The molecule has 2 nitrogen and oxygen atoms in total. The molecule has 1 rings (SSSR count). The summed E-state index contributed by atoms with van der Waals surface area (Å²) in [6.45, 7) is 6.79. The third-order valence-corrected chi connectivity index (χ3v) is 3.53. The number of methoxy groups -OCH3 is 1. The molecule has 102 valence electrons. The number of rotatable bonds is 5. The summed E-state index contributed by atoms with van der Waals surface area (Å²) in [6.07, 6.45) is 3.33. The molecule has 0 saturated heterocycles. The molecule has 0 aliphatic heterocycles. The quantitative estimate of drug-likeness (QED) is 0.857. The van der Waals surface area contributed by atoms with Gasteiger partial charge in [-0.1, -0.05) is 49.2 Å². The minimum Gasteiger partial charge on any atom is -0.496 e. The highest BCUT2D eigenvalue weighted by atomic mass is 79.9. The molecule has 0 amide bonds.